The third kappa shape index (κ3) is 4.10. The van der Waals surface area contributed by atoms with Crippen LogP contribution in [0.1, 0.15) is 30.6 Å². The number of hydrogen-bond acceptors (Lipinski definition) is 5. The van der Waals surface area contributed by atoms with Crippen molar-refractivity contribution in [3.05, 3.63) is 51.9 Å². The summed E-state index contributed by atoms with van der Waals surface area (Å²) in [7, 11) is -3.41. The molecule has 1 aliphatic carbocycles. The maximum absolute atomic E-state index is 12.5. The second-order valence-corrected chi connectivity index (χ2v) is 8.12. The highest BCUT2D eigenvalue weighted by molar-refractivity contribution is 7.92. The van der Waals surface area contributed by atoms with E-state index in [0.29, 0.717) is 11.4 Å². The van der Waals surface area contributed by atoms with E-state index in [1.165, 1.54) is 10.7 Å². The number of benzene rings is 1. The van der Waals surface area contributed by atoms with Crippen molar-refractivity contribution in [3.63, 3.8) is 0 Å². The summed E-state index contributed by atoms with van der Waals surface area (Å²) in [6, 6.07) is 7.09. The lowest BCUT2D eigenvalue weighted by Gasteiger charge is -2.15. The number of aryl methyl sites for hydroxylation is 2. The number of nitrogens with one attached hydrogen (secondary N) is 2. The van der Waals surface area contributed by atoms with Crippen LogP contribution in [0.3, 0.4) is 0 Å². The first-order valence-corrected chi connectivity index (χ1v) is 10.1. The Morgan fingerprint density at radius 2 is 1.96 bits per heavy atom. The van der Waals surface area contributed by atoms with Gasteiger partial charge in [-0.2, -0.15) is 5.10 Å². The second-order valence-electron chi connectivity index (χ2n) is 6.37. The third-order valence-electron chi connectivity index (χ3n) is 4.16. The molecule has 1 aromatic carbocycles. The van der Waals surface area contributed by atoms with Gasteiger partial charge in [0.05, 0.1) is 17.6 Å². The molecule has 3 rings (SSSR count). The number of carbonyl (C=O) groups excluding carboxylic acids is 1. The van der Waals surface area contributed by atoms with Crippen LogP contribution < -0.4 is 15.6 Å². The zero-order chi connectivity index (χ0) is 18.9. The highest BCUT2D eigenvalue weighted by Gasteiger charge is 2.21. The van der Waals surface area contributed by atoms with Crippen molar-refractivity contribution in [2.24, 2.45) is 0 Å². The molecule has 0 saturated carbocycles. The predicted octanol–water partition coefficient (Wildman–Crippen LogP) is 1.30. The summed E-state index contributed by atoms with van der Waals surface area (Å²) in [5, 5.41) is 7.02. The number of anilines is 2. The summed E-state index contributed by atoms with van der Waals surface area (Å²) in [6.07, 6.45) is 3.67. The molecule has 1 aromatic heterocycles. The van der Waals surface area contributed by atoms with Crippen LogP contribution in [0.4, 0.5) is 11.4 Å². The molecule has 0 saturated heterocycles. The second kappa shape index (κ2) is 6.91. The molecule has 2 aromatic rings. The molecule has 1 amide bonds. The SMILES string of the molecule is CC(C(=O)Nc1cccc(NS(C)(=O)=O)c1)n1nc2c(cc1=O)CCC2. The minimum absolute atomic E-state index is 0.305. The minimum atomic E-state index is -3.41. The van der Waals surface area contributed by atoms with Crippen molar-refractivity contribution in [1.29, 1.82) is 0 Å². The zero-order valence-corrected chi connectivity index (χ0v) is 15.3. The summed E-state index contributed by atoms with van der Waals surface area (Å²) in [6.45, 7) is 1.60. The average Bonchev–Trinajstić information content (AvgIpc) is 2.99. The van der Waals surface area contributed by atoms with E-state index < -0.39 is 22.0 Å². The van der Waals surface area contributed by atoms with Gasteiger partial charge in [-0.15, -0.1) is 0 Å². The maximum Gasteiger partial charge on any atom is 0.267 e. The first-order chi connectivity index (χ1) is 12.2. The average molecular weight is 376 g/mol. The molecule has 2 N–H and O–H groups in total. The van der Waals surface area contributed by atoms with E-state index >= 15 is 0 Å². The third-order valence-corrected chi connectivity index (χ3v) is 4.77. The lowest BCUT2D eigenvalue weighted by molar-refractivity contribution is -0.119. The predicted molar refractivity (Wildman–Crippen MR) is 98.8 cm³/mol. The molecule has 0 fully saturated rings. The Bertz CT molecular complexity index is 1010. The Labute approximate surface area is 151 Å². The normalized spacial score (nSPS) is 14.5. The summed E-state index contributed by atoms with van der Waals surface area (Å²) < 4.78 is 26.2. The van der Waals surface area contributed by atoms with Crippen LogP contribution in [0, 0.1) is 0 Å². The van der Waals surface area contributed by atoms with Crippen LogP contribution in [0.2, 0.25) is 0 Å². The van der Waals surface area contributed by atoms with Crippen LogP contribution in [0.25, 0.3) is 0 Å². The molecule has 0 radical (unpaired) electrons. The minimum Gasteiger partial charge on any atom is -0.324 e. The fourth-order valence-electron chi connectivity index (χ4n) is 2.93. The fraction of sp³-hybridized carbons (Fsp3) is 0.353. The maximum atomic E-state index is 12.5. The molecule has 0 bridgehead atoms. The first-order valence-electron chi connectivity index (χ1n) is 8.23. The van der Waals surface area contributed by atoms with Gasteiger partial charge in [0.25, 0.3) is 5.56 Å². The lowest BCUT2D eigenvalue weighted by Crippen LogP contribution is -2.34. The van der Waals surface area contributed by atoms with Gasteiger partial charge < -0.3 is 5.32 Å². The molecule has 1 aliphatic rings. The lowest BCUT2D eigenvalue weighted by atomic mass is 10.2. The van der Waals surface area contributed by atoms with E-state index in [1.54, 1.807) is 31.2 Å². The molecule has 1 heterocycles. The Morgan fingerprint density at radius 3 is 2.69 bits per heavy atom. The standard InChI is InChI=1S/C17H20N4O4S/c1-11(21-16(22)9-12-5-3-8-15(12)19-21)17(23)18-13-6-4-7-14(10-13)20-26(2,24)25/h4,6-7,9-11,20H,3,5,8H2,1-2H3,(H,18,23). The topological polar surface area (TPSA) is 110 Å². The molecule has 9 heteroatoms. The van der Waals surface area contributed by atoms with E-state index in [-0.39, 0.29) is 5.56 Å². The largest absolute Gasteiger partial charge is 0.324 e. The molecule has 8 nitrogen and oxygen atoms in total. The van der Waals surface area contributed by atoms with Crippen LogP contribution >= 0.6 is 0 Å². The molecule has 138 valence electrons. The number of carbonyl (C=O) groups is 1. The van der Waals surface area contributed by atoms with Gasteiger partial charge in [-0.25, -0.2) is 13.1 Å². The van der Waals surface area contributed by atoms with Crippen molar-refractivity contribution >= 4 is 27.3 Å². The number of sulfonamides is 1. The summed E-state index contributed by atoms with van der Waals surface area (Å²) in [4.78, 5) is 24.7. The van der Waals surface area contributed by atoms with Crippen molar-refractivity contribution in [1.82, 2.24) is 9.78 Å². The van der Waals surface area contributed by atoms with Gasteiger partial charge in [-0.3, -0.25) is 14.3 Å². The number of rotatable bonds is 5. The summed E-state index contributed by atoms with van der Waals surface area (Å²) >= 11 is 0. The monoisotopic (exact) mass is 376 g/mol. The Morgan fingerprint density at radius 1 is 1.23 bits per heavy atom. The number of fused-ring (bicyclic) bond motifs is 1. The molecule has 26 heavy (non-hydrogen) atoms. The molecular formula is C17H20N4O4S. The fourth-order valence-corrected chi connectivity index (χ4v) is 3.48. The van der Waals surface area contributed by atoms with Crippen molar-refractivity contribution in [3.8, 4) is 0 Å². The van der Waals surface area contributed by atoms with Gasteiger partial charge in [0.1, 0.15) is 6.04 Å². The number of aromatic nitrogens is 2. The first kappa shape index (κ1) is 18.1. The molecular weight excluding hydrogens is 356 g/mol. The van der Waals surface area contributed by atoms with Gasteiger partial charge in [-0.1, -0.05) is 6.07 Å². The molecule has 0 aliphatic heterocycles. The molecule has 1 atom stereocenters. The van der Waals surface area contributed by atoms with Crippen LogP contribution in [0.15, 0.2) is 35.1 Å². The van der Waals surface area contributed by atoms with Gasteiger partial charge in [0.15, 0.2) is 0 Å². The van der Waals surface area contributed by atoms with E-state index in [1.807, 2.05) is 0 Å². The Kier molecular flexibility index (Phi) is 4.82. The highest BCUT2D eigenvalue weighted by Crippen LogP contribution is 2.19. The quantitative estimate of drug-likeness (QED) is 0.817. The molecule has 1 unspecified atom stereocenters. The summed E-state index contributed by atoms with van der Waals surface area (Å²) in [5.74, 6) is -0.408. The smallest absolute Gasteiger partial charge is 0.267 e. The van der Waals surface area contributed by atoms with Crippen molar-refractivity contribution in [2.45, 2.75) is 32.2 Å². The Balaban J connectivity index is 1.78. The number of hydrogen-bond donors (Lipinski definition) is 2. The number of amides is 1. The molecule has 0 spiro atoms. The number of nitrogens with zero attached hydrogens (tertiary/aromatic N) is 2. The highest BCUT2D eigenvalue weighted by atomic mass is 32.2. The van der Waals surface area contributed by atoms with Gasteiger partial charge in [0, 0.05) is 11.8 Å². The van der Waals surface area contributed by atoms with Gasteiger partial charge in [0.2, 0.25) is 15.9 Å². The van der Waals surface area contributed by atoms with Gasteiger partial charge >= 0.3 is 0 Å². The van der Waals surface area contributed by atoms with E-state index in [9.17, 15) is 18.0 Å². The van der Waals surface area contributed by atoms with E-state index in [2.05, 4.69) is 15.1 Å². The van der Waals surface area contributed by atoms with Crippen LogP contribution in [0.5, 0.6) is 0 Å². The van der Waals surface area contributed by atoms with E-state index in [0.717, 1.165) is 36.8 Å². The van der Waals surface area contributed by atoms with Gasteiger partial charge in [-0.05, 0) is 49.9 Å². The van der Waals surface area contributed by atoms with Crippen LogP contribution in [-0.4, -0.2) is 30.4 Å². The van der Waals surface area contributed by atoms with E-state index in [4.69, 9.17) is 0 Å². The van der Waals surface area contributed by atoms with Crippen molar-refractivity contribution in [2.75, 3.05) is 16.3 Å². The summed E-state index contributed by atoms with van der Waals surface area (Å²) in [5.41, 5.74) is 2.28. The zero-order valence-electron chi connectivity index (χ0n) is 14.5. The van der Waals surface area contributed by atoms with Crippen LogP contribution in [-0.2, 0) is 27.7 Å². The Hall–Kier alpha value is -2.68. The van der Waals surface area contributed by atoms with Crippen molar-refractivity contribution < 1.29 is 13.2 Å².